The summed E-state index contributed by atoms with van der Waals surface area (Å²) in [6, 6.07) is 15.7. The third-order valence-electron chi connectivity index (χ3n) is 3.77. The van der Waals surface area contributed by atoms with E-state index in [0.717, 1.165) is 21.9 Å². The number of rotatable bonds is 7. The van der Waals surface area contributed by atoms with Gasteiger partial charge in [-0.05, 0) is 43.2 Å². The van der Waals surface area contributed by atoms with Crippen molar-refractivity contribution in [3.8, 4) is 0 Å². The van der Waals surface area contributed by atoms with Crippen LogP contribution in [0.3, 0.4) is 0 Å². The third kappa shape index (κ3) is 4.95. The summed E-state index contributed by atoms with van der Waals surface area (Å²) in [5.74, 6) is 0.972. The van der Waals surface area contributed by atoms with Crippen molar-refractivity contribution in [3.05, 3.63) is 83.0 Å². The molecule has 0 radical (unpaired) electrons. The molecule has 0 saturated heterocycles. The molecule has 0 spiro atoms. The number of benzene rings is 2. The summed E-state index contributed by atoms with van der Waals surface area (Å²) >= 11 is 1.53. The monoisotopic (exact) mass is 370 g/mol. The highest BCUT2D eigenvalue weighted by Gasteiger charge is 2.12. The van der Waals surface area contributed by atoms with E-state index in [1.54, 1.807) is 12.1 Å². The van der Waals surface area contributed by atoms with Crippen molar-refractivity contribution >= 4 is 17.7 Å². The molecule has 4 nitrogen and oxygen atoms in total. The van der Waals surface area contributed by atoms with Crippen LogP contribution in [0.5, 0.6) is 0 Å². The van der Waals surface area contributed by atoms with Crippen LogP contribution in [0.1, 0.15) is 27.4 Å². The van der Waals surface area contributed by atoms with Crippen LogP contribution >= 0.6 is 11.8 Å². The highest BCUT2D eigenvalue weighted by atomic mass is 32.2. The van der Waals surface area contributed by atoms with E-state index < -0.39 is 0 Å². The molecule has 2 aromatic carbocycles. The van der Waals surface area contributed by atoms with Gasteiger partial charge in [0.2, 0.25) is 0 Å². The number of carbonyl (C=O) groups is 1. The second-order valence-corrected chi connectivity index (χ2v) is 6.87. The van der Waals surface area contributed by atoms with Gasteiger partial charge in [-0.2, -0.15) is 0 Å². The summed E-state index contributed by atoms with van der Waals surface area (Å²) in [6.45, 7) is 2.32. The van der Waals surface area contributed by atoms with Crippen molar-refractivity contribution in [2.24, 2.45) is 0 Å². The van der Waals surface area contributed by atoms with E-state index in [4.69, 9.17) is 4.52 Å². The molecule has 1 aromatic heterocycles. The molecule has 1 amide bonds. The summed E-state index contributed by atoms with van der Waals surface area (Å²) in [5.41, 5.74) is 2.31. The molecule has 0 atom stereocenters. The SMILES string of the molecule is Cc1cc(CSc2ccccc2C(=O)NCCc2cccc(F)c2)on1. The van der Waals surface area contributed by atoms with Gasteiger partial charge in [-0.15, -0.1) is 11.8 Å². The first-order valence-electron chi connectivity index (χ1n) is 8.28. The van der Waals surface area contributed by atoms with Gasteiger partial charge in [-0.1, -0.05) is 29.4 Å². The molecule has 0 unspecified atom stereocenters. The number of amides is 1. The lowest BCUT2D eigenvalue weighted by atomic mass is 10.1. The smallest absolute Gasteiger partial charge is 0.252 e. The van der Waals surface area contributed by atoms with E-state index >= 15 is 0 Å². The van der Waals surface area contributed by atoms with Crippen molar-refractivity contribution in [2.75, 3.05) is 6.54 Å². The molecular weight excluding hydrogens is 351 g/mol. The van der Waals surface area contributed by atoms with Crippen LogP contribution in [0.4, 0.5) is 4.39 Å². The molecule has 1 N–H and O–H groups in total. The molecule has 0 aliphatic heterocycles. The number of hydrogen-bond donors (Lipinski definition) is 1. The fourth-order valence-electron chi connectivity index (χ4n) is 2.52. The standard InChI is InChI=1S/C20H19FN2O2S/c1-14-11-17(25-23-14)13-26-19-8-3-2-7-18(19)20(24)22-10-9-15-5-4-6-16(21)12-15/h2-8,11-12H,9-10,13H2,1H3,(H,22,24). The molecule has 3 rings (SSSR count). The van der Waals surface area contributed by atoms with Crippen LogP contribution < -0.4 is 5.32 Å². The molecule has 1 heterocycles. The van der Waals surface area contributed by atoms with E-state index in [-0.39, 0.29) is 11.7 Å². The van der Waals surface area contributed by atoms with E-state index in [1.807, 2.05) is 37.3 Å². The minimum atomic E-state index is -0.266. The zero-order valence-corrected chi connectivity index (χ0v) is 15.2. The highest BCUT2D eigenvalue weighted by Crippen LogP contribution is 2.26. The van der Waals surface area contributed by atoms with E-state index in [1.165, 1.54) is 23.9 Å². The van der Waals surface area contributed by atoms with Gasteiger partial charge >= 0.3 is 0 Å². The Morgan fingerprint density at radius 2 is 2.04 bits per heavy atom. The average molecular weight is 370 g/mol. The first kappa shape index (κ1) is 18.2. The number of aromatic nitrogens is 1. The number of nitrogens with zero attached hydrogens (tertiary/aromatic N) is 1. The summed E-state index contributed by atoms with van der Waals surface area (Å²) in [5, 5.41) is 6.77. The first-order valence-corrected chi connectivity index (χ1v) is 9.27. The zero-order chi connectivity index (χ0) is 18.4. The minimum absolute atomic E-state index is 0.141. The second-order valence-electron chi connectivity index (χ2n) is 5.86. The van der Waals surface area contributed by atoms with E-state index in [9.17, 15) is 9.18 Å². The summed E-state index contributed by atoms with van der Waals surface area (Å²) in [4.78, 5) is 13.4. The Hall–Kier alpha value is -2.60. The third-order valence-corrected chi connectivity index (χ3v) is 4.86. The van der Waals surface area contributed by atoms with Gasteiger partial charge in [0.1, 0.15) is 11.6 Å². The maximum atomic E-state index is 13.2. The Bertz CT molecular complexity index is 895. The van der Waals surface area contributed by atoms with Crippen LogP contribution in [-0.2, 0) is 12.2 Å². The lowest BCUT2D eigenvalue weighted by Gasteiger charge is -2.09. The Kier molecular flexibility index (Phi) is 6.07. The lowest BCUT2D eigenvalue weighted by molar-refractivity contribution is 0.0951. The molecule has 0 fully saturated rings. The molecule has 0 bridgehead atoms. The molecule has 0 saturated carbocycles. The summed E-state index contributed by atoms with van der Waals surface area (Å²) in [7, 11) is 0. The summed E-state index contributed by atoms with van der Waals surface area (Å²) in [6.07, 6.45) is 0.580. The number of hydrogen-bond acceptors (Lipinski definition) is 4. The van der Waals surface area contributed by atoms with Gasteiger partial charge in [0.25, 0.3) is 5.91 Å². The number of nitrogens with one attached hydrogen (secondary N) is 1. The van der Waals surface area contributed by atoms with Crippen molar-refractivity contribution in [2.45, 2.75) is 24.0 Å². The first-order chi connectivity index (χ1) is 12.6. The van der Waals surface area contributed by atoms with E-state index in [0.29, 0.717) is 24.3 Å². The Labute approximate surface area is 155 Å². The van der Waals surface area contributed by atoms with Crippen LogP contribution in [0, 0.1) is 12.7 Å². The van der Waals surface area contributed by atoms with Gasteiger partial charge in [-0.3, -0.25) is 4.79 Å². The van der Waals surface area contributed by atoms with Crippen LogP contribution in [-0.4, -0.2) is 17.6 Å². The Balaban J connectivity index is 1.58. The second kappa shape index (κ2) is 8.67. The normalized spacial score (nSPS) is 10.7. The molecule has 26 heavy (non-hydrogen) atoms. The van der Waals surface area contributed by atoms with Gasteiger partial charge in [0.05, 0.1) is 17.0 Å². The molecule has 134 valence electrons. The molecule has 0 aliphatic rings. The van der Waals surface area contributed by atoms with E-state index in [2.05, 4.69) is 10.5 Å². The fraction of sp³-hybridized carbons (Fsp3) is 0.200. The maximum Gasteiger partial charge on any atom is 0.252 e. The lowest BCUT2D eigenvalue weighted by Crippen LogP contribution is -2.26. The number of thioether (sulfide) groups is 1. The van der Waals surface area contributed by atoms with Crippen LogP contribution in [0.2, 0.25) is 0 Å². The van der Waals surface area contributed by atoms with Crippen LogP contribution in [0.25, 0.3) is 0 Å². The van der Waals surface area contributed by atoms with Gasteiger partial charge in [0.15, 0.2) is 0 Å². The largest absolute Gasteiger partial charge is 0.360 e. The predicted octanol–water partition coefficient (Wildman–Crippen LogP) is 4.39. The molecule has 3 aromatic rings. The van der Waals surface area contributed by atoms with Gasteiger partial charge < -0.3 is 9.84 Å². The fourth-order valence-corrected chi connectivity index (χ4v) is 3.45. The van der Waals surface area contributed by atoms with Gasteiger partial charge in [0, 0.05) is 17.5 Å². The van der Waals surface area contributed by atoms with Crippen molar-refractivity contribution in [1.29, 1.82) is 0 Å². The number of halogens is 1. The highest BCUT2D eigenvalue weighted by molar-refractivity contribution is 7.98. The molecule has 6 heteroatoms. The maximum absolute atomic E-state index is 13.2. The minimum Gasteiger partial charge on any atom is -0.360 e. The average Bonchev–Trinajstić information content (AvgIpc) is 3.05. The van der Waals surface area contributed by atoms with Crippen molar-refractivity contribution in [1.82, 2.24) is 10.5 Å². The molecule has 0 aliphatic carbocycles. The number of carbonyl (C=O) groups excluding carboxylic acids is 1. The van der Waals surface area contributed by atoms with Gasteiger partial charge in [-0.25, -0.2) is 4.39 Å². The zero-order valence-electron chi connectivity index (χ0n) is 14.4. The topological polar surface area (TPSA) is 55.1 Å². The van der Waals surface area contributed by atoms with Crippen molar-refractivity contribution < 1.29 is 13.7 Å². The summed E-state index contributed by atoms with van der Waals surface area (Å²) < 4.78 is 18.4. The predicted molar refractivity (Wildman–Crippen MR) is 99.7 cm³/mol. The Morgan fingerprint density at radius 1 is 1.19 bits per heavy atom. The molecular formula is C20H19FN2O2S. The Morgan fingerprint density at radius 3 is 2.81 bits per heavy atom. The van der Waals surface area contributed by atoms with Crippen LogP contribution in [0.15, 0.2) is 64.0 Å². The quantitative estimate of drug-likeness (QED) is 0.627. The number of aryl methyl sites for hydroxylation is 1. The van der Waals surface area contributed by atoms with Crippen molar-refractivity contribution in [3.63, 3.8) is 0 Å².